The lowest BCUT2D eigenvalue weighted by molar-refractivity contribution is 0.314. The number of nitrogens with zero attached hydrogens (tertiary/aromatic N) is 1. The summed E-state index contributed by atoms with van der Waals surface area (Å²) in [6, 6.07) is 0.835. The normalized spacial score (nSPS) is 18.5. The molecule has 1 aliphatic carbocycles. The van der Waals surface area contributed by atoms with Crippen LogP contribution in [0.5, 0.6) is 0 Å². The van der Waals surface area contributed by atoms with E-state index in [-0.39, 0.29) is 16.0 Å². The van der Waals surface area contributed by atoms with Crippen LogP contribution in [0, 0.1) is 12.8 Å². The lowest BCUT2D eigenvalue weighted by atomic mass is 10.2. The average molecular weight is 324 g/mol. The molecule has 0 amide bonds. The predicted octanol–water partition coefficient (Wildman–Crippen LogP) is 1.51. The van der Waals surface area contributed by atoms with Gasteiger partial charge in [-0.2, -0.15) is 4.72 Å². The van der Waals surface area contributed by atoms with E-state index in [0.29, 0.717) is 9.90 Å². The Kier molecular flexibility index (Phi) is 4.05. The zero-order chi connectivity index (χ0) is 14.2. The zero-order valence-corrected chi connectivity index (χ0v) is 12.5. The SMILES string of the molecule is Cc1cc(S(=O)(=O)NC(/C(N)=N/O)C2CC2)sc1Cl. The highest BCUT2D eigenvalue weighted by Gasteiger charge is 2.37. The van der Waals surface area contributed by atoms with Crippen LogP contribution in [0.1, 0.15) is 18.4 Å². The molecule has 1 fully saturated rings. The van der Waals surface area contributed by atoms with E-state index in [1.807, 2.05) is 0 Å². The summed E-state index contributed by atoms with van der Waals surface area (Å²) in [7, 11) is -3.71. The third kappa shape index (κ3) is 3.19. The van der Waals surface area contributed by atoms with Crippen molar-refractivity contribution in [2.24, 2.45) is 16.8 Å². The van der Waals surface area contributed by atoms with Crippen molar-refractivity contribution in [3.8, 4) is 0 Å². The van der Waals surface area contributed by atoms with Gasteiger partial charge in [0.25, 0.3) is 10.0 Å². The van der Waals surface area contributed by atoms with Crippen molar-refractivity contribution < 1.29 is 13.6 Å². The van der Waals surface area contributed by atoms with Gasteiger partial charge in [0.15, 0.2) is 5.84 Å². The van der Waals surface area contributed by atoms with E-state index in [9.17, 15) is 8.42 Å². The molecule has 106 valence electrons. The fraction of sp³-hybridized carbons (Fsp3) is 0.500. The molecule has 1 unspecified atom stereocenters. The maximum absolute atomic E-state index is 12.2. The highest BCUT2D eigenvalue weighted by molar-refractivity contribution is 7.91. The van der Waals surface area contributed by atoms with E-state index in [4.69, 9.17) is 22.5 Å². The quantitative estimate of drug-likeness (QED) is 0.330. The first-order chi connectivity index (χ1) is 8.85. The van der Waals surface area contributed by atoms with Crippen LogP contribution in [-0.4, -0.2) is 25.5 Å². The molecule has 1 aromatic heterocycles. The van der Waals surface area contributed by atoms with Gasteiger partial charge in [0.2, 0.25) is 0 Å². The summed E-state index contributed by atoms with van der Waals surface area (Å²) in [6.45, 7) is 1.74. The average Bonchev–Trinajstić information content (AvgIpc) is 3.13. The van der Waals surface area contributed by atoms with E-state index in [2.05, 4.69) is 9.88 Å². The monoisotopic (exact) mass is 323 g/mol. The first kappa shape index (κ1) is 14.6. The standard InChI is InChI=1S/C10H14ClN3O3S2/c1-5-4-7(18-9(5)11)19(16,17)14-8(6-2-3-6)10(12)13-15/h4,6,8,14-15H,2-3H2,1H3,(H2,12,13). The molecule has 19 heavy (non-hydrogen) atoms. The number of amidine groups is 1. The number of hydrogen-bond donors (Lipinski definition) is 3. The van der Waals surface area contributed by atoms with Gasteiger partial charge in [-0.05, 0) is 37.3 Å². The summed E-state index contributed by atoms with van der Waals surface area (Å²) in [5.41, 5.74) is 6.24. The number of rotatable bonds is 5. The van der Waals surface area contributed by atoms with Crippen molar-refractivity contribution in [2.75, 3.05) is 0 Å². The molecular formula is C10H14ClN3O3S2. The molecule has 1 aromatic rings. The molecule has 0 bridgehead atoms. The Morgan fingerprint density at radius 2 is 2.32 bits per heavy atom. The minimum absolute atomic E-state index is 0.0854. The Hall–Kier alpha value is -0.830. The second-order valence-electron chi connectivity index (χ2n) is 4.48. The minimum Gasteiger partial charge on any atom is -0.409 e. The molecule has 0 spiro atoms. The van der Waals surface area contributed by atoms with Crippen molar-refractivity contribution in [2.45, 2.75) is 30.0 Å². The van der Waals surface area contributed by atoms with Gasteiger partial charge < -0.3 is 10.9 Å². The summed E-state index contributed by atoms with van der Waals surface area (Å²) in [5, 5.41) is 11.6. The second kappa shape index (κ2) is 5.28. The maximum Gasteiger partial charge on any atom is 0.250 e. The summed E-state index contributed by atoms with van der Waals surface area (Å²) < 4.78 is 27.5. The first-order valence-corrected chi connectivity index (χ1v) is 8.28. The van der Waals surface area contributed by atoms with Crippen molar-refractivity contribution in [3.63, 3.8) is 0 Å². The van der Waals surface area contributed by atoms with Crippen molar-refractivity contribution in [3.05, 3.63) is 16.0 Å². The van der Waals surface area contributed by atoms with Gasteiger partial charge in [0.05, 0.1) is 10.4 Å². The van der Waals surface area contributed by atoms with Crippen molar-refractivity contribution in [1.29, 1.82) is 0 Å². The van der Waals surface area contributed by atoms with Gasteiger partial charge in [-0.1, -0.05) is 16.8 Å². The van der Waals surface area contributed by atoms with Crippen LogP contribution >= 0.6 is 22.9 Å². The Balaban J connectivity index is 2.24. The number of sulfonamides is 1. The number of oxime groups is 1. The molecule has 1 heterocycles. The number of halogens is 1. The number of thiophene rings is 1. The van der Waals surface area contributed by atoms with Gasteiger partial charge in [-0.15, -0.1) is 11.3 Å². The Bertz CT molecular complexity index is 588. The number of nitrogens with one attached hydrogen (secondary N) is 1. The van der Waals surface area contributed by atoms with E-state index in [1.54, 1.807) is 6.92 Å². The largest absolute Gasteiger partial charge is 0.409 e. The molecule has 0 radical (unpaired) electrons. The molecular weight excluding hydrogens is 310 g/mol. The van der Waals surface area contributed by atoms with Crippen LogP contribution in [0.3, 0.4) is 0 Å². The highest BCUT2D eigenvalue weighted by atomic mass is 35.5. The lowest BCUT2D eigenvalue weighted by Crippen LogP contribution is -2.45. The van der Waals surface area contributed by atoms with Crippen LogP contribution in [0.25, 0.3) is 0 Å². The van der Waals surface area contributed by atoms with Crippen LogP contribution in [0.15, 0.2) is 15.4 Å². The van der Waals surface area contributed by atoms with Crippen LogP contribution in [-0.2, 0) is 10.0 Å². The van der Waals surface area contributed by atoms with Gasteiger partial charge in [0.1, 0.15) is 4.21 Å². The smallest absolute Gasteiger partial charge is 0.250 e. The number of aryl methyl sites for hydroxylation is 1. The molecule has 0 saturated heterocycles. The van der Waals surface area contributed by atoms with E-state index in [1.165, 1.54) is 6.07 Å². The van der Waals surface area contributed by atoms with E-state index < -0.39 is 16.1 Å². The molecule has 6 nitrogen and oxygen atoms in total. The van der Waals surface area contributed by atoms with Crippen molar-refractivity contribution >= 4 is 38.8 Å². The summed E-state index contributed by atoms with van der Waals surface area (Å²) >= 11 is 6.86. The predicted molar refractivity (Wildman–Crippen MR) is 74.3 cm³/mol. The minimum atomic E-state index is -3.71. The number of nitrogens with two attached hydrogens (primary N) is 1. The van der Waals surface area contributed by atoms with Gasteiger partial charge in [0, 0.05) is 0 Å². The fourth-order valence-corrected chi connectivity index (χ4v) is 4.68. The fourth-order valence-electron chi connectivity index (χ4n) is 1.68. The van der Waals surface area contributed by atoms with Gasteiger partial charge >= 0.3 is 0 Å². The van der Waals surface area contributed by atoms with Crippen LogP contribution in [0.2, 0.25) is 4.34 Å². The molecule has 1 aliphatic rings. The maximum atomic E-state index is 12.2. The summed E-state index contributed by atoms with van der Waals surface area (Å²) in [6.07, 6.45) is 1.71. The second-order valence-corrected chi connectivity index (χ2v) is 8.08. The van der Waals surface area contributed by atoms with Crippen LogP contribution in [0.4, 0.5) is 0 Å². The Morgan fingerprint density at radius 1 is 1.68 bits per heavy atom. The summed E-state index contributed by atoms with van der Waals surface area (Å²) in [5.74, 6) is -0.0346. The molecule has 0 aromatic carbocycles. The Labute approximate surface area is 120 Å². The molecule has 0 aliphatic heterocycles. The van der Waals surface area contributed by atoms with E-state index >= 15 is 0 Å². The van der Waals surface area contributed by atoms with Gasteiger partial charge in [-0.25, -0.2) is 8.42 Å². The molecule has 1 atom stereocenters. The topological polar surface area (TPSA) is 105 Å². The third-order valence-corrected chi connectivity index (χ3v) is 6.38. The summed E-state index contributed by atoms with van der Waals surface area (Å²) in [4.78, 5) is 0. The highest BCUT2D eigenvalue weighted by Crippen LogP contribution is 2.35. The molecule has 1 saturated carbocycles. The first-order valence-electron chi connectivity index (χ1n) is 5.61. The molecule has 2 rings (SSSR count). The third-order valence-electron chi connectivity index (χ3n) is 2.91. The lowest BCUT2D eigenvalue weighted by Gasteiger charge is -2.15. The molecule has 9 heteroatoms. The van der Waals surface area contributed by atoms with Crippen LogP contribution < -0.4 is 10.5 Å². The Morgan fingerprint density at radius 3 is 2.74 bits per heavy atom. The van der Waals surface area contributed by atoms with Crippen molar-refractivity contribution in [1.82, 2.24) is 4.72 Å². The molecule has 4 N–H and O–H groups in total. The number of hydrogen-bond acceptors (Lipinski definition) is 5. The van der Waals surface area contributed by atoms with E-state index in [0.717, 1.165) is 24.2 Å². The van der Waals surface area contributed by atoms with Gasteiger partial charge in [-0.3, -0.25) is 0 Å². The zero-order valence-electron chi connectivity index (χ0n) is 10.1.